The number of rotatable bonds is 7. The molecule has 21 heavy (non-hydrogen) atoms. The van der Waals surface area contributed by atoms with Crippen LogP contribution in [0, 0.1) is 5.92 Å². The number of aliphatic carboxylic acids is 1. The zero-order valence-electron chi connectivity index (χ0n) is 12.9. The first-order valence-corrected chi connectivity index (χ1v) is 8.37. The van der Waals surface area contributed by atoms with E-state index in [1.807, 2.05) is 0 Å². The lowest BCUT2D eigenvalue weighted by molar-refractivity contribution is -0.137. The van der Waals surface area contributed by atoms with E-state index in [4.69, 9.17) is 5.11 Å². The van der Waals surface area contributed by atoms with E-state index in [0.717, 1.165) is 19.1 Å². The van der Waals surface area contributed by atoms with Gasteiger partial charge in [-0.1, -0.05) is 12.8 Å². The van der Waals surface area contributed by atoms with Crippen molar-refractivity contribution in [3.05, 3.63) is 0 Å². The third kappa shape index (κ3) is 5.65. The van der Waals surface area contributed by atoms with Crippen LogP contribution in [-0.4, -0.2) is 47.6 Å². The molecule has 2 fully saturated rings. The molecule has 1 saturated heterocycles. The zero-order valence-corrected chi connectivity index (χ0v) is 12.9. The highest BCUT2D eigenvalue weighted by Crippen LogP contribution is 2.27. The molecule has 1 saturated carbocycles. The van der Waals surface area contributed by atoms with Crippen molar-refractivity contribution in [2.45, 2.75) is 63.8 Å². The van der Waals surface area contributed by atoms with Crippen molar-refractivity contribution in [3.63, 3.8) is 0 Å². The van der Waals surface area contributed by atoms with E-state index in [2.05, 4.69) is 10.2 Å². The molecular weight excluding hydrogens is 268 g/mol. The summed E-state index contributed by atoms with van der Waals surface area (Å²) in [6, 6.07) is 0.777. The van der Waals surface area contributed by atoms with E-state index >= 15 is 0 Å². The van der Waals surface area contributed by atoms with Crippen LogP contribution in [0.4, 0.5) is 0 Å². The minimum atomic E-state index is -0.831. The quantitative estimate of drug-likeness (QED) is 0.754. The summed E-state index contributed by atoms with van der Waals surface area (Å²) in [5.74, 6) is -0.278. The monoisotopic (exact) mass is 296 g/mol. The summed E-state index contributed by atoms with van der Waals surface area (Å²) in [5.41, 5.74) is 0. The minimum Gasteiger partial charge on any atom is -0.481 e. The van der Waals surface area contributed by atoms with Crippen molar-refractivity contribution in [2.24, 2.45) is 5.92 Å². The average molecular weight is 296 g/mol. The molecule has 0 aromatic rings. The summed E-state index contributed by atoms with van der Waals surface area (Å²) in [6.45, 7) is 3.07. The summed E-state index contributed by atoms with van der Waals surface area (Å²) < 4.78 is 0. The number of carboxylic acid groups (broad SMARTS) is 1. The largest absolute Gasteiger partial charge is 0.481 e. The number of amides is 1. The second kappa shape index (κ2) is 8.37. The molecule has 1 aliphatic heterocycles. The third-order valence-electron chi connectivity index (χ3n) is 4.77. The number of nitrogens with zero attached hydrogens (tertiary/aromatic N) is 1. The number of nitrogens with one attached hydrogen (secondary N) is 1. The number of piperidine rings is 1. The van der Waals surface area contributed by atoms with Crippen LogP contribution in [0.1, 0.15) is 57.8 Å². The lowest BCUT2D eigenvalue weighted by atomic mass is 9.96. The average Bonchev–Trinajstić information content (AvgIpc) is 2.99. The van der Waals surface area contributed by atoms with Gasteiger partial charge in [0.15, 0.2) is 0 Å². The maximum absolute atomic E-state index is 11.7. The van der Waals surface area contributed by atoms with Crippen molar-refractivity contribution < 1.29 is 14.7 Å². The standard InChI is InChI=1S/C16H28N2O3/c19-15(8-3-9-16(20)21)17-11-13-5-4-10-18(12-13)14-6-1-2-7-14/h13-14H,1-12H2,(H,17,19)(H,20,21)/t13-/m0/s1. The van der Waals surface area contributed by atoms with Gasteiger partial charge in [0.25, 0.3) is 0 Å². The third-order valence-corrected chi connectivity index (χ3v) is 4.77. The normalized spacial score (nSPS) is 24.1. The second-order valence-electron chi connectivity index (χ2n) is 6.49. The molecule has 120 valence electrons. The van der Waals surface area contributed by atoms with Gasteiger partial charge < -0.3 is 15.3 Å². The summed E-state index contributed by atoms with van der Waals surface area (Å²) >= 11 is 0. The maximum atomic E-state index is 11.7. The number of carboxylic acids is 1. The molecule has 2 N–H and O–H groups in total. The zero-order chi connectivity index (χ0) is 15.1. The predicted octanol–water partition coefficient (Wildman–Crippen LogP) is 2.01. The number of carbonyl (C=O) groups is 2. The molecule has 0 radical (unpaired) electrons. The van der Waals surface area contributed by atoms with E-state index < -0.39 is 5.97 Å². The highest BCUT2D eigenvalue weighted by molar-refractivity contribution is 5.76. The van der Waals surface area contributed by atoms with Gasteiger partial charge in [-0.2, -0.15) is 0 Å². The summed E-state index contributed by atoms with van der Waals surface area (Å²) in [7, 11) is 0. The Morgan fingerprint density at radius 3 is 2.57 bits per heavy atom. The van der Waals surface area contributed by atoms with Gasteiger partial charge in [0, 0.05) is 32.0 Å². The maximum Gasteiger partial charge on any atom is 0.303 e. The first-order chi connectivity index (χ1) is 10.1. The minimum absolute atomic E-state index is 0.00533. The Balaban J connectivity index is 1.63. The topological polar surface area (TPSA) is 69.6 Å². The van der Waals surface area contributed by atoms with Gasteiger partial charge in [-0.3, -0.25) is 9.59 Å². The van der Waals surface area contributed by atoms with Gasteiger partial charge >= 0.3 is 5.97 Å². The predicted molar refractivity (Wildman–Crippen MR) is 81.0 cm³/mol. The van der Waals surface area contributed by atoms with E-state index in [0.29, 0.717) is 18.8 Å². The fourth-order valence-corrected chi connectivity index (χ4v) is 3.61. The summed E-state index contributed by atoms with van der Waals surface area (Å²) in [4.78, 5) is 24.7. The van der Waals surface area contributed by atoms with Gasteiger partial charge in [0.05, 0.1) is 0 Å². The molecule has 1 atom stereocenters. The van der Waals surface area contributed by atoms with E-state index in [9.17, 15) is 9.59 Å². The smallest absolute Gasteiger partial charge is 0.303 e. The van der Waals surface area contributed by atoms with E-state index in [1.54, 1.807) is 0 Å². The Morgan fingerprint density at radius 2 is 1.86 bits per heavy atom. The first kappa shape index (κ1) is 16.3. The highest BCUT2D eigenvalue weighted by Gasteiger charge is 2.27. The molecule has 1 amide bonds. The molecule has 5 heteroatoms. The van der Waals surface area contributed by atoms with Crippen molar-refractivity contribution in [2.75, 3.05) is 19.6 Å². The Labute approximate surface area is 127 Å². The number of hydrogen-bond donors (Lipinski definition) is 2. The first-order valence-electron chi connectivity index (χ1n) is 8.37. The van der Waals surface area contributed by atoms with Crippen LogP contribution in [0.3, 0.4) is 0 Å². The number of carbonyl (C=O) groups excluding carboxylic acids is 1. The Morgan fingerprint density at radius 1 is 1.10 bits per heavy atom. The van der Waals surface area contributed by atoms with Gasteiger partial charge in [-0.15, -0.1) is 0 Å². The fourth-order valence-electron chi connectivity index (χ4n) is 3.61. The number of hydrogen-bond acceptors (Lipinski definition) is 3. The fraction of sp³-hybridized carbons (Fsp3) is 0.875. The molecular formula is C16H28N2O3. The van der Waals surface area contributed by atoms with E-state index in [1.165, 1.54) is 45.1 Å². The Bertz CT molecular complexity index is 353. The SMILES string of the molecule is O=C(O)CCCC(=O)NC[C@@H]1CCCN(C2CCCC2)C1. The van der Waals surface area contributed by atoms with Crippen LogP contribution in [0.15, 0.2) is 0 Å². The van der Waals surface area contributed by atoms with Gasteiger partial charge in [-0.25, -0.2) is 0 Å². The Kier molecular flexibility index (Phi) is 6.49. The highest BCUT2D eigenvalue weighted by atomic mass is 16.4. The van der Waals surface area contributed by atoms with Gasteiger partial charge in [0.1, 0.15) is 0 Å². The van der Waals surface area contributed by atoms with Crippen molar-refractivity contribution in [3.8, 4) is 0 Å². The van der Waals surface area contributed by atoms with Gasteiger partial charge in [0.2, 0.25) is 5.91 Å². The van der Waals surface area contributed by atoms with Crippen LogP contribution in [0.2, 0.25) is 0 Å². The second-order valence-corrected chi connectivity index (χ2v) is 6.49. The summed E-state index contributed by atoms with van der Waals surface area (Å²) in [5, 5.41) is 11.5. The molecule has 0 aromatic carbocycles. The molecule has 1 heterocycles. The molecule has 5 nitrogen and oxygen atoms in total. The van der Waals surface area contributed by atoms with Gasteiger partial charge in [-0.05, 0) is 44.6 Å². The van der Waals surface area contributed by atoms with E-state index in [-0.39, 0.29) is 12.3 Å². The van der Waals surface area contributed by atoms with Crippen molar-refractivity contribution in [1.82, 2.24) is 10.2 Å². The molecule has 1 aliphatic carbocycles. The Hall–Kier alpha value is -1.10. The molecule has 0 aromatic heterocycles. The van der Waals surface area contributed by atoms with Crippen LogP contribution in [0.25, 0.3) is 0 Å². The molecule has 0 bridgehead atoms. The van der Waals surface area contributed by atoms with Crippen molar-refractivity contribution >= 4 is 11.9 Å². The molecule has 0 spiro atoms. The lowest BCUT2D eigenvalue weighted by Crippen LogP contribution is -2.44. The van der Waals surface area contributed by atoms with Crippen LogP contribution >= 0.6 is 0 Å². The van der Waals surface area contributed by atoms with Crippen LogP contribution in [-0.2, 0) is 9.59 Å². The van der Waals surface area contributed by atoms with Crippen molar-refractivity contribution in [1.29, 1.82) is 0 Å². The number of likely N-dealkylation sites (tertiary alicyclic amines) is 1. The molecule has 2 rings (SSSR count). The van der Waals surface area contributed by atoms with Crippen LogP contribution in [0.5, 0.6) is 0 Å². The summed E-state index contributed by atoms with van der Waals surface area (Å²) in [6.07, 6.45) is 8.67. The molecule has 2 aliphatic rings. The van der Waals surface area contributed by atoms with Crippen LogP contribution < -0.4 is 5.32 Å². The molecule has 0 unspecified atom stereocenters. The lowest BCUT2D eigenvalue weighted by Gasteiger charge is -2.36.